The summed E-state index contributed by atoms with van der Waals surface area (Å²) >= 11 is 6.23. The van der Waals surface area contributed by atoms with Gasteiger partial charge in [0.2, 0.25) is 0 Å². The summed E-state index contributed by atoms with van der Waals surface area (Å²) in [7, 11) is 3.02. The van der Waals surface area contributed by atoms with Crippen molar-refractivity contribution in [1.29, 1.82) is 0 Å². The van der Waals surface area contributed by atoms with Crippen LogP contribution in [0.5, 0.6) is 11.5 Å². The zero-order valence-corrected chi connectivity index (χ0v) is 14.1. The van der Waals surface area contributed by atoms with Crippen molar-refractivity contribution in [2.45, 2.75) is 33.6 Å². The maximum absolute atomic E-state index is 12.3. The van der Waals surface area contributed by atoms with Gasteiger partial charge in [0.25, 0.3) is 5.91 Å². The normalized spacial score (nSPS) is 11.1. The lowest BCUT2D eigenvalue weighted by Crippen LogP contribution is -2.34. The zero-order chi connectivity index (χ0) is 16.0. The molecule has 0 aliphatic heterocycles. The standard InChI is InChI=1S/C16H24ClNO3/c1-6-9-16(2,3)10-18-15(19)11-7-8-12(20-4)14(21-5)13(11)17/h7-8H,6,9-10H2,1-5H3,(H,18,19). The van der Waals surface area contributed by atoms with Crippen molar-refractivity contribution in [3.8, 4) is 11.5 Å². The number of halogens is 1. The Morgan fingerprint density at radius 1 is 1.29 bits per heavy atom. The molecular weight excluding hydrogens is 290 g/mol. The summed E-state index contributed by atoms with van der Waals surface area (Å²) < 4.78 is 10.4. The molecule has 4 nitrogen and oxygen atoms in total. The van der Waals surface area contributed by atoms with Gasteiger partial charge in [0.05, 0.1) is 24.8 Å². The molecule has 118 valence electrons. The van der Waals surface area contributed by atoms with Crippen LogP contribution < -0.4 is 14.8 Å². The van der Waals surface area contributed by atoms with Gasteiger partial charge in [-0.3, -0.25) is 4.79 Å². The van der Waals surface area contributed by atoms with E-state index in [1.807, 2.05) is 0 Å². The van der Waals surface area contributed by atoms with Crippen LogP contribution in [0.1, 0.15) is 44.0 Å². The van der Waals surface area contributed by atoms with Crippen LogP contribution in [-0.4, -0.2) is 26.7 Å². The first-order chi connectivity index (χ1) is 9.86. The third kappa shape index (κ3) is 4.53. The van der Waals surface area contributed by atoms with Crippen molar-refractivity contribution in [3.05, 3.63) is 22.7 Å². The molecule has 0 saturated carbocycles. The van der Waals surface area contributed by atoms with Crippen LogP contribution in [0.4, 0.5) is 0 Å². The highest BCUT2D eigenvalue weighted by Gasteiger charge is 2.21. The van der Waals surface area contributed by atoms with Crippen molar-refractivity contribution >= 4 is 17.5 Å². The van der Waals surface area contributed by atoms with Crippen molar-refractivity contribution in [2.24, 2.45) is 5.41 Å². The number of amides is 1. The first-order valence-corrected chi connectivity index (χ1v) is 7.42. The number of ether oxygens (including phenoxy) is 2. The molecule has 0 unspecified atom stereocenters. The summed E-state index contributed by atoms with van der Waals surface area (Å²) in [5.41, 5.74) is 0.453. The second kappa shape index (κ2) is 7.55. The maximum Gasteiger partial charge on any atom is 0.252 e. The smallest absolute Gasteiger partial charge is 0.252 e. The Kier molecular flexibility index (Phi) is 6.34. The van der Waals surface area contributed by atoms with Gasteiger partial charge in [-0.05, 0) is 24.0 Å². The van der Waals surface area contributed by atoms with Crippen molar-refractivity contribution < 1.29 is 14.3 Å². The van der Waals surface area contributed by atoms with Crippen LogP contribution in [0.2, 0.25) is 5.02 Å². The molecule has 0 heterocycles. The van der Waals surface area contributed by atoms with Crippen molar-refractivity contribution in [2.75, 3.05) is 20.8 Å². The molecule has 1 aromatic rings. The Balaban J connectivity index is 2.89. The van der Waals surface area contributed by atoms with Gasteiger partial charge in [0, 0.05) is 6.54 Å². The molecule has 5 heteroatoms. The van der Waals surface area contributed by atoms with Gasteiger partial charge in [-0.1, -0.05) is 38.8 Å². The minimum atomic E-state index is -0.204. The maximum atomic E-state index is 12.3. The summed E-state index contributed by atoms with van der Waals surface area (Å²) in [5, 5.41) is 3.20. The van der Waals surface area contributed by atoms with Crippen LogP contribution in [-0.2, 0) is 0 Å². The Hall–Kier alpha value is -1.42. The number of methoxy groups -OCH3 is 2. The lowest BCUT2D eigenvalue weighted by molar-refractivity contribution is 0.0934. The Morgan fingerprint density at radius 3 is 2.48 bits per heavy atom. The molecule has 0 bridgehead atoms. The molecule has 0 aliphatic carbocycles. The largest absolute Gasteiger partial charge is 0.493 e. The summed E-state index contributed by atoms with van der Waals surface area (Å²) in [5.74, 6) is 0.676. The molecule has 0 atom stereocenters. The van der Waals surface area contributed by atoms with Gasteiger partial charge < -0.3 is 14.8 Å². The molecule has 0 fully saturated rings. The lowest BCUT2D eigenvalue weighted by atomic mass is 9.88. The number of hydrogen-bond donors (Lipinski definition) is 1. The first-order valence-electron chi connectivity index (χ1n) is 7.05. The van der Waals surface area contributed by atoms with E-state index in [9.17, 15) is 4.79 Å². The minimum absolute atomic E-state index is 0.0629. The molecule has 0 aromatic heterocycles. The second-order valence-electron chi connectivity index (χ2n) is 5.76. The molecule has 1 N–H and O–H groups in total. The van der Waals surface area contributed by atoms with E-state index in [1.165, 1.54) is 14.2 Å². The predicted molar refractivity (Wildman–Crippen MR) is 85.6 cm³/mol. The molecule has 21 heavy (non-hydrogen) atoms. The number of carbonyl (C=O) groups is 1. The third-order valence-corrected chi connectivity index (χ3v) is 3.76. The quantitative estimate of drug-likeness (QED) is 0.830. The van der Waals surface area contributed by atoms with Gasteiger partial charge in [-0.2, -0.15) is 0 Å². The number of carbonyl (C=O) groups excluding carboxylic acids is 1. The average Bonchev–Trinajstić information content (AvgIpc) is 2.44. The lowest BCUT2D eigenvalue weighted by Gasteiger charge is -2.24. The molecule has 1 rings (SSSR count). The van der Waals surface area contributed by atoms with Crippen molar-refractivity contribution in [1.82, 2.24) is 5.32 Å². The Morgan fingerprint density at radius 2 is 1.95 bits per heavy atom. The van der Waals surface area contributed by atoms with Gasteiger partial charge in [0.15, 0.2) is 11.5 Å². The average molecular weight is 314 g/mol. The van der Waals surface area contributed by atoms with Crippen molar-refractivity contribution in [3.63, 3.8) is 0 Å². The highest BCUT2D eigenvalue weighted by atomic mass is 35.5. The summed E-state index contributed by atoms with van der Waals surface area (Å²) in [4.78, 5) is 12.3. The van der Waals surface area contributed by atoms with Gasteiger partial charge in [-0.25, -0.2) is 0 Å². The molecule has 0 saturated heterocycles. The topological polar surface area (TPSA) is 47.6 Å². The highest BCUT2D eigenvalue weighted by Crippen LogP contribution is 2.37. The Labute approximate surface area is 131 Å². The number of benzene rings is 1. The fraction of sp³-hybridized carbons (Fsp3) is 0.562. The summed E-state index contributed by atoms with van der Waals surface area (Å²) in [6.07, 6.45) is 2.13. The van der Waals surface area contributed by atoms with E-state index in [2.05, 4.69) is 26.1 Å². The zero-order valence-electron chi connectivity index (χ0n) is 13.4. The van der Waals surface area contributed by atoms with Gasteiger partial charge in [-0.15, -0.1) is 0 Å². The van der Waals surface area contributed by atoms with E-state index < -0.39 is 0 Å². The van der Waals surface area contributed by atoms with Crippen LogP contribution >= 0.6 is 11.6 Å². The van der Waals surface area contributed by atoms with E-state index in [1.54, 1.807) is 12.1 Å². The molecular formula is C16H24ClNO3. The predicted octanol–water partition coefficient (Wildman–Crippen LogP) is 3.91. The molecule has 0 aliphatic rings. The fourth-order valence-corrected chi connectivity index (χ4v) is 2.56. The van der Waals surface area contributed by atoms with E-state index in [0.29, 0.717) is 23.6 Å². The summed E-state index contributed by atoms with van der Waals surface area (Å²) in [6.45, 7) is 7.00. The van der Waals surface area contributed by atoms with Crippen LogP contribution in [0.25, 0.3) is 0 Å². The Bertz CT molecular complexity index is 501. The fourth-order valence-electron chi connectivity index (χ4n) is 2.24. The van der Waals surface area contributed by atoms with Crippen LogP contribution in [0, 0.1) is 5.41 Å². The molecule has 1 amide bonds. The highest BCUT2D eigenvalue weighted by molar-refractivity contribution is 6.35. The number of hydrogen-bond acceptors (Lipinski definition) is 3. The first kappa shape index (κ1) is 17.6. The third-order valence-electron chi connectivity index (χ3n) is 3.38. The molecule has 1 aromatic carbocycles. The SMILES string of the molecule is CCCC(C)(C)CNC(=O)c1ccc(OC)c(OC)c1Cl. The second-order valence-corrected chi connectivity index (χ2v) is 6.14. The molecule has 0 radical (unpaired) electrons. The van der Waals surface area contributed by atoms with Crippen LogP contribution in [0.15, 0.2) is 12.1 Å². The van der Waals surface area contributed by atoms with E-state index in [-0.39, 0.29) is 16.3 Å². The number of nitrogens with one attached hydrogen (secondary N) is 1. The van der Waals surface area contributed by atoms with E-state index >= 15 is 0 Å². The summed E-state index contributed by atoms with van der Waals surface area (Å²) in [6, 6.07) is 3.32. The van der Waals surface area contributed by atoms with Crippen LogP contribution in [0.3, 0.4) is 0 Å². The van der Waals surface area contributed by atoms with Gasteiger partial charge >= 0.3 is 0 Å². The monoisotopic (exact) mass is 313 g/mol. The van der Waals surface area contributed by atoms with E-state index in [0.717, 1.165) is 12.8 Å². The van der Waals surface area contributed by atoms with Gasteiger partial charge in [0.1, 0.15) is 0 Å². The number of rotatable bonds is 7. The molecule has 0 spiro atoms. The minimum Gasteiger partial charge on any atom is -0.493 e. The van der Waals surface area contributed by atoms with E-state index in [4.69, 9.17) is 21.1 Å².